The molecule has 17 heavy (non-hydrogen) atoms. The summed E-state index contributed by atoms with van der Waals surface area (Å²) in [6, 6.07) is 9.60. The van der Waals surface area contributed by atoms with Crippen LogP contribution in [0, 0.1) is 5.92 Å². The van der Waals surface area contributed by atoms with Gasteiger partial charge in [0.25, 0.3) is 0 Å². The van der Waals surface area contributed by atoms with Crippen molar-refractivity contribution in [3.8, 4) is 0 Å². The van der Waals surface area contributed by atoms with Crippen LogP contribution in [0.15, 0.2) is 30.3 Å². The molecule has 0 spiro atoms. The molecule has 1 N–H and O–H groups in total. The second kappa shape index (κ2) is 6.17. The maximum Gasteiger partial charge on any atom is 0.211 e. The third kappa shape index (κ3) is 4.88. The first kappa shape index (κ1) is 14.2. The van der Waals surface area contributed by atoms with E-state index in [2.05, 4.69) is 18.6 Å². The molecule has 0 heterocycles. The van der Waals surface area contributed by atoms with Crippen molar-refractivity contribution in [2.24, 2.45) is 5.92 Å². The van der Waals surface area contributed by atoms with Crippen LogP contribution in [0.5, 0.6) is 0 Å². The van der Waals surface area contributed by atoms with Crippen LogP contribution < -0.4 is 4.72 Å². The van der Waals surface area contributed by atoms with Gasteiger partial charge in [-0.05, 0) is 24.8 Å². The van der Waals surface area contributed by atoms with Crippen LogP contribution in [0.25, 0.3) is 0 Å². The summed E-state index contributed by atoms with van der Waals surface area (Å²) in [7, 11) is -3.16. The number of hydrogen-bond acceptors (Lipinski definition) is 2. The lowest BCUT2D eigenvalue weighted by atomic mass is 9.98. The molecule has 1 aromatic carbocycles. The highest BCUT2D eigenvalue weighted by Gasteiger charge is 2.18. The molecule has 4 heteroatoms. The predicted molar refractivity (Wildman–Crippen MR) is 71.2 cm³/mol. The summed E-state index contributed by atoms with van der Waals surface area (Å²) in [5.74, 6) is 0.564. The summed E-state index contributed by atoms with van der Waals surface area (Å²) in [5, 5.41) is 0. The van der Waals surface area contributed by atoms with Crippen molar-refractivity contribution < 1.29 is 8.42 Å². The Labute approximate surface area is 104 Å². The Balaban J connectivity index is 2.89. The van der Waals surface area contributed by atoms with Crippen LogP contribution in [-0.4, -0.2) is 14.2 Å². The molecule has 1 unspecified atom stereocenters. The van der Waals surface area contributed by atoms with E-state index in [-0.39, 0.29) is 11.8 Å². The molecule has 0 aliphatic rings. The fourth-order valence-corrected chi connectivity index (χ4v) is 2.54. The van der Waals surface area contributed by atoms with Gasteiger partial charge in [0.15, 0.2) is 0 Å². The predicted octanol–water partition coefficient (Wildman–Crippen LogP) is 2.71. The average Bonchev–Trinajstić information content (AvgIpc) is 2.28. The van der Waals surface area contributed by atoms with Gasteiger partial charge in [0.1, 0.15) is 0 Å². The second-order valence-electron chi connectivity index (χ2n) is 4.61. The van der Waals surface area contributed by atoms with Gasteiger partial charge >= 0.3 is 0 Å². The molecule has 3 nitrogen and oxygen atoms in total. The van der Waals surface area contributed by atoms with E-state index < -0.39 is 10.0 Å². The minimum Gasteiger partial charge on any atom is -0.212 e. The lowest BCUT2D eigenvalue weighted by Gasteiger charge is -2.20. The summed E-state index contributed by atoms with van der Waals surface area (Å²) in [6.45, 7) is 5.84. The van der Waals surface area contributed by atoms with Crippen molar-refractivity contribution in [1.82, 2.24) is 4.72 Å². The monoisotopic (exact) mass is 255 g/mol. The second-order valence-corrected chi connectivity index (χ2v) is 6.66. The van der Waals surface area contributed by atoms with Gasteiger partial charge in [-0.2, -0.15) is 0 Å². The largest absolute Gasteiger partial charge is 0.212 e. The normalized spacial score (nSPS) is 13.9. The van der Waals surface area contributed by atoms with Crippen molar-refractivity contribution in [3.63, 3.8) is 0 Å². The number of benzene rings is 1. The van der Waals surface area contributed by atoms with E-state index in [0.717, 1.165) is 12.0 Å². The van der Waals surface area contributed by atoms with E-state index in [1.54, 1.807) is 6.92 Å². The first-order valence-corrected chi connectivity index (χ1v) is 7.64. The molecule has 0 bridgehead atoms. The van der Waals surface area contributed by atoms with Crippen molar-refractivity contribution >= 4 is 10.0 Å². The Kier molecular flexibility index (Phi) is 5.15. The highest BCUT2D eigenvalue weighted by Crippen LogP contribution is 2.21. The summed E-state index contributed by atoms with van der Waals surface area (Å²) in [5.41, 5.74) is 1.03. The van der Waals surface area contributed by atoms with E-state index >= 15 is 0 Å². The molecule has 0 fully saturated rings. The zero-order valence-corrected chi connectivity index (χ0v) is 11.5. The first-order valence-electron chi connectivity index (χ1n) is 5.99. The van der Waals surface area contributed by atoms with Gasteiger partial charge in [-0.25, -0.2) is 13.1 Å². The molecule has 0 saturated heterocycles. The summed E-state index contributed by atoms with van der Waals surface area (Å²) < 4.78 is 26.1. The van der Waals surface area contributed by atoms with E-state index in [1.807, 2.05) is 30.3 Å². The summed E-state index contributed by atoms with van der Waals surface area (Å²) in [4.78, 5) is 0. The van der Waals surface area contributed by atoms with Gasteiger partial charge in [-0.3, -0.25) is 0 Å². The minimum absolute atomic E-state index is 0.119. The van der Waals surface area contributed by atoms with E-state index in [9.17, 15) is 8.42 Å². The van der Waals surface area contributed by atoms with Crippen LogP contribution >= 0.6 is 0 Å². The van der Waals surface area contributed by atoms with Crippen LogP contribution in [0.1, 0.15) is 38.8 Å². The number of nitrogens with one attached hydrogen (secondary N) is 1. The molecule has 0 aromatic heterocycles. The van der Waals surface area contributed by atoms with Crippen LogP contribution in [-0.2, 0) is 10.0 Å². The summed E-state index contributed by atoms with van der Waals surface area (Å²) >= 11 is 0. The molecule has 0 aliphatic carbocycles. The molecular formula is C13H21NO2S. The van der Waals surface area contributed by atoms with Crippen LogP contribution in [0.3, 0.4) is 0 Å². The van der Waals surface area contributed by atoms with Crippen LogP contribution in [0.4, 0.5) is 0 Å². The smallest absolute Gasteiger partial charge is 0.211 e. The quantitative estimate of drug-likeness (QED) is 0.849. The molecule has 0 saturated carbocycles. The van der Waals surface area contributed by atoms with E-state index in [0.29, 0.717) is 5.92 Å². The highest BCUT2D eigenvalue weighted by molar-refractivity contribution is 7.89. The standard InChI is InChI=1S/C13H21NO2S/c1-4-17(15,16)14-13(10-11(2)3)12-8-6-5-7-9-12/h5-9,11,13-14H,4,10H2,1-3H3. The minimum atomic E-state index is -3.16. The maximum atomic E-state index is 11.7. The van der Waals surface area contributed by atoms with Gasteiger partial charge in [0.05, 0.1) is 5.75 Å². The Hall–Kier alpha value is -0.870. The Morgan fingerprint density at radius 1 is 1.18 bits per heavy atom. The highest BCUT2D eigenvalue weighted by atomic mass is 32.2. The maximum absolute atomic E-state index is 11.7. The van der Waals surface area contributed by atoms with Gasteiger partial charge in [0, 0.05) is 6.04 Å². The first-order chi connectivity index (χ1) is 7.94. The van der Waals surface area contributed by atoms with Crippen molar-refractivity contribution in [2.75, 3.05) is 5.75 Å². The lowest BCUT2D eigenvalue weighted by molar-refractivity contribution is 0.472. The fraction of sp³-hybridized carbons (Fsp3) is 0.538. The van der Waals surface area contributed by atoms with Gasteiger partial charge < -0.3 is 0 Å². The topological polar surface area (TPSA) is 46.2 Å². The van der Waals surface area contributed by atoms with Gasteiger partial charge in [-0.1, -0.05) is 44.2 Å². The SMILES string of the molecule is CCS(=O)(=O)NC(CC(C)C)c1ccccc1. The zero-order chi connectivity index (χ0) is 12.9. The Bertz CT molecular complexity index is 426. The Morgan fingerprint density at radius 2 is 1.76 bits per heavy atom. The molecule has 1 aromatic rings. The van der Waals surface area contributed by atoms with Crippen molar-refractivity contribution in [2.45, 2.75) is 33.2 Å². The fourth-order valence-electron chi connectivity index (χ4n) is 1.71. The number of rotatable bonds is 6. The van der Waals surface area contributed by atoms with Gasteiger partial charge in [0.2, 0.25) is 10.0 Å². The molecule has 0 radical (unpaired) electrons. The number of sulfonamides is 1. The molecule has 0 aliphatic heterocycles. The molecule has 0 amide bonds. The van der Waals surface area contributed by atoms with Crippen molar-refractivity contribution in [1.29, 1.82) is 0 Å². The summed E-state index contributed by atoms with van der Waals surface area (Å²) in [6.07, 6.45) is 0.809. The zero-order valence-electron chi connectivity index (χ0n) is 10.7. The molecule has 1 atom stereocenters. The Morgan fingerprint density at radius 3 is 2.24 bits per heavy atom. The lowest BCUT2D eigenvalue weighted by Crippen LogP contribution is -2.30. The van der Waals surface area contributed by atoms with E-state index in [1.165, 1.54) is 0 Å². The number of hydrogen-bond donors (Lipinski definition) is 1. The van der Waals surface area contributed by atoms with Crippen molar-refractivity contribution in [3.05, 3.63) is 35.9 Å². The van der Waals surface area contributed by atoms with Crippen LogP contribution in [0.2, 0.25) is 0 Å². The van der Waals surface area contributed by atoms with Gasteiger partial charge in [-0.15, -0.1) is 0 Å². The third-order valence-electron chi connectivity index (χ3n) is 2.61. The third-order valence-corrected chi connectivity index (χ3v) is 4.01. The molecular weight excluding hydrogens is 234 g/mol. The molecule has 96 valence electrons. The van der Waals surface area contributed by atoms with E-state index in [4.69, 9.17) is 0 Å². The molecule has 1 rings (SSSR count). The average molecular weight is 255 g/mol.